The summed E-state index contributed by atoms with van der Waals surface area (Å²) in [6, 6.07) is 0. The average Bonchev–Trinajstić information content (AvgIpc) is 2.03. The number of hydrogen-bond acceptors (Lipinski definition) is 2. The van der Waals surface area contributed by atoms with Gasteiger partial charge in [-0.2, -0.15) is 0 Å². The summed E-state index contributed by atoms with van der Waals surface area (Å²) in [6.07, 6.45) is 6.54. The van der Waals surface area contributed by atoms with Crippen LogP contribution in [0, 0.1) is 0 Å². The minimum Gasteiger partial charge on any atom is -0.358 e. The van der Waals surface area contributed by atoms with E-state index in [1.165, 1.54) is 12.2 Å². The number of carbonyl (C=O) groups is 1. The second-order valence-corrected chi connectivity index (χ2v) is 2.75. The molecule has 2 nitrogen and oxygen atoms in total. The van der Waals surface area contributed by atoms with Crippen LogP contribution in [0.2, 0.25) is 0 Å². The van der Waals surface area contributed by atoms with Crippen LogP contribution < -0.4 is 0 Å². The van der Waals surface area contributed by atoms with Crippen molar-refractivity contribution in [2.75, 3.05) is 6.61 Å². The van der Waals surface area contributed by atoms with Crippen molar-refractivity contribution in [1.29, 1.82) is 0 Å². The summed E-state index contributed by atoms with van der Waals surface area (Å²) in [6.45, 7) is 4.42. The highest BCUT2D eigenvalue weighted by atomic mass is 16.5. The molecule has 0 aromatic rings. The van der Waals surface area contributed by atoms with Gasteiger partial charge in [0.25, 0.3) is 0 Å². The Morgan fingerprint density at radius 3 is 2.45 bits per heavy atom. The molecule has 1 fully saturated rings. The van der Waals surface area contributed by atoms with Gasteiger partial charge in [-0.05, 0) is 29.9 Å². The molecule has 1 aliphatic heterocycles. The van der Waals surface area contributed by atoms with Crippen molar-refractivity contribution in [3.8, 4) is 0 Å². The first kappa shape index (κ1) is 6.55. The van der Waals surface area contributed by atoms with Gasteiger partial charge in [-0.25, -0.2) is 0 Å². The molecule has 1 spiro atoms. The largest absolute Gasteiger partial charge is 0.358 e. The highest BCUT2D eigenvalue weighted by Crippen LogP contribution is 2.35. The van der Waals surface area contributed by atoms with Crippen molar-refractivity contribution in [2.24, 2.45) is 0 Å². The molecule has 0 amide bonds. The standard InChI is InChI=1S/C9H8O2/c1-7-6-11-9(7)4-2-8(10)3-5-9/h2-5H,1,6H2. The van der Waals surface area contributed by atoms with Crippen LogP contribution in [-0.2, 0) is 9.53 Å². The zero-order valence-electron chi connectivity index (χ0n) is 6.04. The molecule has 2 rings (SSSR count). The van der Waals surface area contributed by atoms with Crippen molar-refractivity contribution in [3.63, 3.8) is 0 Å². The van der Waals surface area contributed by atoms with Crippen LogP contribution in [0.4, 0.5) is 0 Å². The Balaban J connectivity index is 2.31. The van der Waals surface area contributed by atoms with Crippen LogP contribution in [0.1, 0.15) is 0 Å². The average molecular weight is 148 g/mol. The molecule has 2 heteroatoms. The zero-order valence-corrected chi connectivity index (χ0v) is 6.04. The third-order valence-corrected chi connectivity index (χ3v) is 2.03. The van der Waals surface area contributed by atoms with Gasteiger partial charge < -0.3 is 4.74 Å². The van der Waals surface area contributed by atoms with E-state index in [9.17, 15) is 4.79 Å². The van der Waals surface area contributed by atoms with E-state index in [1.807, 2.05) is 0 Å². The molecule has 2 aliphatic rings. The van der Waals surface area contributed by atoms with Crippen LogP contribution in [0.25, 0.3) is 0 Å². The van der Waals surface area contributed by atoms with Gasteiger partial charge in [0.05, 0.1) is 6.61 Å². The monoisotopic (exact) mass is 148 g/mol. The zero-order chi connectivity index (χ0) is 7.90. The summed E-state index contributed by atoms with van der Waals surface area (Å²) < 4.78 is 5.29. The summed E-state index contributed by atoms with van der Waals surface area (Å²) in [4.78, 5) is 10.7. The SMILES string of the molecule is C=C1COC12C=CC(=O)C=C2. The molecule has 1 saturated heterocycles. The van der Waals surface area contributed by atoms with E-state index in [-0.39, 0.29) is 5.78 Å². The second-order valence-electron chi connectivity index (χ2n) is 2.75. The fourth-order valence-electron chi connectivity index (χ4n) is 1.20. The van der Waals surface area contributed by atoms with Gasteiger partial charge in [0.2, 0.25) is 0 Å². The Hall–Kier alpha value is -1.15. The number of ether oxygens (including phenoxy) is 1. The first-order chi connectivity index (χ1) is 5.23. The van der Waals surface area contributed by atoms with E-state index in [1.54, 1.807) is 12.2 Å². The molecule has 1 heterocycles. The van der Waals surface area contributed by atoms with E-state index >= 15 is 0 Å². The Morgan fingerprint density at radius 2 is 2.09 bits per heavy atom. The fraction of sp³-hybridized carbons (Fsp3) is 0.222. The maximum atomic E-state index is 10.7. The lowest BCUT2D eigenvalue weighted by molar-refractivity contribution is -0.111. The topological polar surface area (TPSA) is 26.3 Å². The Kier molecular flexibility index (Phi) is 1.14. The van der Waals surface area contributed by atoms with Gasteiger partial charge in [0, 0.05) is 0 Å². The van der Waals surface area contributed by atoms with E-state index in [4.69, 9.17) is 4.74 Å². The molecule has 1 aliphatic carbocycles. The summed E-state index contributed by atoms with van der Waals surface area (Å²) >= 11 is 0. The highest BCUT2D eigenvalue weighted by molar-refractivity contribution is 6.00. The Labute approximate surface area is 64.9 Å². The minimum absolute atomic E-state index is 0.0129. The van der Waals surface area contributed by atoms with Crippen LogP contribution >= 0.6 is 0 Å². The van der Waals surface area contributed by atoms with Gasteiger partial charge in [0.1, 0.15) is 5.60 Å². The minimum atomic E-state index is -0.437. The van der Waals surface area contributed by atoms with E-state index < -0.39 is 5.60 Å². The lowest BCUT2D eigenvalue weighted by atomic mass is 9.86. The van der Waals surface area contributed by atoms with E-state index in [2.05, 4.69) is 6.58 Å². The summed E-state index contributed by atoms with van der Waals surface area (Å²) in [5, 5.41) is 0. The molecule has 11 heavy (non-hydrogen) atoms. The van der Waals surface area contributed by atoms with Crippen molar-refractivity contribution >= 4 is 5.78 Å². The number of rotatable bonds is 0. The van der Waals surface area contributed by atoms with Crippen LogP contribution in [0.5, 0.6) is 0 Å². The maximum absolute atomic E-state index is 10.7. The maximum Gasteiger partial charge on any atom is 0.178 e. The molecule has 0 unspecified atom stereocenters. The lowest BCUT2D eigenvalue weighted by Gasteiger charge is -2.40. The normalized spacial score (nSPS) is 25.8. The highest BCUT2D eigenvalue weighted by Gasteiger charge is 2.38. The molecule has 56 valence electrons. The first-order valence-corrected chi connectivity index (χ1v) is 3.48. The van der Waals surface area contributed by atoms with Crippen molar-refractivity contribution in [1.82, 2.24) is 0 Å². The van der Waals surface area contributed by atoms with Gasteiger partial charge in [-0.15, -0.1) is 0 Å². The second kappa shape index (κ2) is 1.92. The molecule has 0 aromatic carbocycles. The van der Waals surface area contributed by atoms with E-state index in [0.717, 1.165) is 5.57 Å². The third-order valence-electron chi connectivity index (χ3n) is 2.03. The molecule has 0 atom stereocenters. The van der Waals surface area contributed by atoms with E-state index in [0.29, 0.717) is 6.61 Å². The first-order valence-electron chi connectivity index (χ1n) is 3.48. The number of ketones is 1. The smallest absolute Gasteiger partial charge is 0.178 e. The summed E-state index contributed by atoms with van der Waals surface area (Å²) in [5.74, 6) is 0.0129. The summed E-state index contributed by atoms with van der Waals surface area (Å²) in [7, 11) is 0. The number of allylic oxidation sites excluding steroid dienone is 2. The van der Waals surface area contributed by atoms with Crippen LogP contribution in [0.3, 0.4) is 0 Å². The molecule has 0 aromatic heterocycles. The molecule has 0 N–H and O–H groups in total. The van der Waals surface area contributed by atoms with Gasteiger partial charge in [0.15, 0.2) is 5.78 Å². The lowest BCUT2D eigenvalue weighted by Crippen LogP contribution is -2.43. The number of hydrogen-bond donors (Lipinski definition) is 0. The Morgan fingerprint density at radius 1 is 1.45 bits per heavy atom. The third kappa shape index (κ3) is 0.795. The van der Waals surface area contributed by atoms with Gasteiger partial charge >= 0.3 is 0 Å². The van der Waals surface area contributed by atoms with Gasteiger partial charge in [-0.3, -0.25) is 4.79 Å². The Bertz CT molecular complexity index is 268. The molecule has 0 bridgehead atoms. The van der Waals surface area contributed by atoms with Crippen molar-refractivity contribution in [3.05, 3.63) is 36.5 Å². The number of carbonyl (C=O) groups excluding carboxylic acids is 1. The predicted molar refractivity (Wildman–Crippen MR) is 41.1 cm³/mol. The van der Waals surface area contributed by atoms with Crippen molar-refractivity contribution in [2.45, 2.75) is 5.60 Å². The molecule has 0 radical (unpaired) electrons. The van der Waals surface area contributed by atoms with Crippen LogP contribution in [-0.4, -0.2) is 18.0 Å². The molecular weight excluding hydrogens is 140 g/mol. The molecule has 0 saturated carbocycles. The molecular formula is C9H8O2. The van der Waals surface area contributed by atoms with Gasteiger partial charge in [-0.1, -0.05) is 6.58 Å². The fourth-order valence-corrected chi connectivity index (χ4v) is 1.20. The quantitative estimate of drug-likeness (QED) is 0.479. The van der Waals surface area contributed by atoms with Crippen molar-refractivity contribution < 1.29 is 9.53 Å². The van der Waals surface area contributed by atoms with Crippen LogP contribution in [0.15, 0.2) is 36.5 Å². The summed E-state index contributed by atoms with van der Waals surface area (Å²) in [5.41, 5.74) is 0.575. The predicted octanol–water partition coefficient (Wildman–Crippen LogP) is 1.01.